The number of benzene rings is 1. The summed E-state index contributed by atoms with van der Waals surface area (Å²) in [5.41, 5.74) is -0.225. The lowest BCUT2D eigenvalue weighted by atomic mass is 10.0. The van der Waals surface area contributed by atoms with Crippen LogP contribution in [0.15, 0.2) is 35.1 Å². The summed E-state index contributed by atoms with van der Waals surface area (Å²) < 4.78 is 0. The highest BCUT2D eigenvalue weighted by molar-refractivity contribution is 5.94. The van der Waals surface area contributed by atoms with Gasteiger partial charge in [-0.05, 0) is 12.5 Å². The molecule has 2 rings (SSSR count). The number of nitrogens with one attached hydrogen (secondary N) is 1. The number of rotatable bonds is 2. The zero-order chi connectivity index (χ0) is 13.3. The Morgan fingerprint density at radius 1 is 1.22 bits per heavy atom. The zero-order valence-electron chi connectivity index (χ0n) is 9.60. The SMILES string of the molecule is Cc1[nH]c(=O)c(-c2ccccc2)c(O)c1C(=O)O. The molecule has 5 nitrogen and oxygen atoms in total. The molecule has 0 atom stereocenters. The van der Waals surface area contributed by atoms with E-state index < -0.39 is 17.3 Å². The van der Waals surface area contributed by atoms with Crippen LogP contribution in [0.4, 0.5) is 0 Å². The van der Waals surface area contributed by atoms with E-state index in [0.717, 1.165) is 0 Å². The second-order valence-corrected chi connectivity index (χ2v) is 3.85. The molecule has 0 aliphatic heterocycles. The molecule has 3 N–H and O–H groups in total. The first-order valence-electron chi connectivity index (χ1n) is 5.27. The van der Waals surface area contributed by atoms with E-state index in [4.69, 9.17) is 5.11 Å². The number of carbonyl (C=O) groups is 1. The lowest BCUT2D eigenvalue weighted by Gasteiger charge is -2.09. The summed E-state index contributed by atoms with van der Waals surface area (Å²) in [5, 5.41) is 19.0. The number of H-pyrrole nitrogens is 1. The predicted octanol–water partition coefficient (Wildman–Crippen LogP) is 1.75. The Labute approximate surface area is 102 Å². The number of carboxylic acids is 1. The molecule has 0 spiro atoms. The molecule has 0 saturated carbocycles. The lowest BCUT2D eigenvalue weighted by Crippen LogP contribution is -2.15. The Balaban J connectivity index is 2.81. The first-order valence-corrected chi connectivity index (χ1v) is 5.27. The molecule has 0 saturated heterocycles. The van der Waals surface area contributed by atoms with Gasteiger partial charge in [0.1, 0.15) is 11.3 Å². The maximum Gasteiger partial charge on any atom is 0.341 e. The van der Waals surface area contributed by atoms with Crippen LogP contribution < -0.4 is 5.56 Å². The number of aromatic amines is 1. The number of aryl methyl sites for hydroxylation is 1. The van der Waals surface area contributed by atoms with Gasteiger partial charge in [-0.15, -0.1) is 0 Å². The average molecular weight is 245 g/mol. The third-order valence-electron chi connectivity index (χ3n) is 2.65. The summed E-state index contributed by atoms with van der Waals surface area (Å²) in [7, 11) is 0. The Morgan fingerprint density at radius 3 is 2.39 bits per heavy atom. The average Bonchev–Trinajstić information content (AvgIpc) is 2.28. The highest BCUT2D eigenvalue weighted by Gasteiger charge is 2.20. The molecule has 18 heavy (non-hydrogen) atoms. The monoisotopic (exact) mass is 245 g/mol. The Kier molecular flexibility index (Phi) is 2.89. The van der Waals surface area contributed by atoms with Gasteiger partial charge in [-0.25, -0.2) is 4.79 Å². The molecular weight excluding hydrogens is 234 g/mol. The number of hydrogen-bond acceptors (Lipinski definition) is 3. The Morgan fingerprint density at radius 2 is 1.83 bits per heavy atom. The second kappa shape index (κ2) is 4.37. The van der Waals surface area contributed by atoms with E-state index >= 15 is 0 Å². The van der Waals surface area contributed by atoms with E-state index in [1.54, 1.807) is 30.3 Å². The Bertz CT molecular complexity index is 659. The van der Waals surface area contributed by atoms with Crippen molar-refractivity contribution >= 4 is 5.97 Å². The van der Waals surface area contributed by atoms with Crippen molar-refractivity contribution in [2.75, 3.05) is 0 Å². The van der Waals surface area contributed by atoms with Crippen LogP contribution in [0.1, 0.15) is 16.1 Å². The third kappa shape index (κ3) is 1.86. The summed E-state index contributed by atoms with van der Waals surface area (Å²) in [6.07, 6.45) is 0. The molecule has 1 aromatic heterocycles. The van der Waals surface area contributed by atoms with Crippen LogP contribution >= 0.6 is 0 Å². The van der Waals surface area contributed by atoms with Crippen molar-refractivity contribution in [2.24, 2.45) is 0 Å². The fourth-order valence-electron chi connectivity index (χ4n) is 1.84. The standard InChI is InChI=1S/C13H11NO4/c1-7-9(13(17)18)11(15)10(12(16)14-7)8-5-3-2-4-6-8/h2-6H,1H3,(H,17,18)(H2,14,15,16). The normalized spacial score (nSPS) is 10.3. The first-order chi connectivity index (χ1) is 8.52. The number of hydrogen-bond donors (Lipinski definition) is 3. The highest BCUT2D eigenvalue weighted by Crippen LogP contribution is 2.29. The summed E-state index contributed by atoms with van der Waals surface area (Å²) in [4.78, 5) is 25.3. The maximum atomic E-state index is 11.8. The van der Waals surface area contributed by atoms with Crippen LogP contribution in [0.25, 0.3) is 11.1 Å². The third-order valence-corrected chi connectivity index (χ3v) is 2.65. The lowest BCUT2D eigenvalue weighted by molar-refractivity contribution is 0.0692. The van der Waals surface area contributed by atoms with Gasteiger partial charge in [0, 0.05) is 5.69 Å². The highest BCUT2D eigenvalue weighted by atomic mass is 16.4. The Hall–Kier alpha value is -2.56. The van der Waals surface area contributed by atoms with E-state index in [1.807, 2.05) is 0 Å². The molecule has 92 valence electrons. The molecule has 0 bridgehead atoms. The van der Waals surface area contributed by atoms with Crippen LogP contribution in [0.5, 0.6) is 5.75 Å². The van der Waals surface area contributed by atoms with Gasteiger partial charge in [0.2, 0.25) is 0 Å². The molecule has 0 aliphatic carbocycles. The number of aromatic hydroxyl groups is 1. The molecule has 1 heterocycles. The van der Waals surface area contributed by atoms with Crippen molar-refractivity contribution in [3.05, 3.63) is 51.9 Å². The maximum absolute atomic E-state index is 11.8. The van der Waals surface area contributed by atoms with E-state index in [0.29, 0.717) is 5.56 Å². The largest absolute Gasteiger partial charge is 0.506 e. The molecule has 0 fully saturated rings. The van der Waals surface area contributed by atoms with Gasteiger partial charge < -0.3 is 15.2 Å². The molecule has 1 aromatic carbocycles. The van der Waals surface area contributed by atoms with Gasteiger partial charge in [0.25, 0.3) is 5.56 Å². The van der Waals surface area contributed by atoms with E-state index in [9.17, 15) is 14.7 Å². The molecule has 0 aliphatic rings. The van der Waals surface area contributed by atoms with Crippen molar-refractivity contribution in [2.45, 2.75) is 6.92 Å². The van der Waals surface area contributed by atoms with E-state index in [1.165, 1.54) is 6.92 Å². The van der Waals surface area contributed by atoms with Crippen molar-refractivity contribution in [1.82, 2.24) is 4.98 Å². The quantitative estimate of drug-likeness (QED) is 0.751. The van der Waals surface area contributed by atoms with Crippen molar-refractivity contribution in [3.8, 4) is 16.9 Å². The second-order valence-electron chi connectivity index (χ2n) is 3.85. The minimum Gasteiger partial charge on any atom is -0.506 e. The molecule has 0 radical (unpaired) electrons. The fraction of sp³-hybridized carbons (Fsp3) is 0.0769. The summed E-state index contributed by atoms with van der Waals surface area (Å²) >= 11 is 0. The van der Waals surface area contributed by atoms with Crippen molar-refractivity contribution in [1.29, 1.82) is 0 Å². The van der Waals surface area contributed by atoms with Crippen molar-refractivity contribution < 1.29 is 15.0 Å². The number of pyridine rings is 1. The molecule has 0 unspecified atom stereocenters. The van der Waals surface area contributed by atoms with Gasteiger partial charge in [0.05, 0.1) is 5.56 Å². The molecular formula is C13H11NO4. The van der Waals surface area contributed by atoms with Crippen molar-refractivity contribution in [3.63, 3.8) is 0 Å². The fourth-order valence-corrected chi connectivity index (χ4v) is 1.84. The summed E-state index contributed by atoms with van der Waals surface area (Å²) in [5.74, 6) is -1.78. The first kappa shape index (κ1) is 11.9. The van der Waals surface area contributed by atoms with Crippen LogP contribution in [0.2, 0.25) is 0 Å². The van der Waals surface area contributed by atoms with Gasteiger partial charge in [0.15, 0.2) is 0 Å². The predicted molar refractivity (Wildman–Crippen MR) is 65.9 cm³/mol. The summed E-state index contributed by atoms with van der Waals surface area (Å²) in [6, 6.07) is 8.43. The van der Waals surface area contributed by atoms with Crippen LogP contribution in [0.3, 0.4) is 0 Å². The van der Waals surface area contributed by atoms with Gasteiger partial charge in [-0.1, -0.05) is 30.3 Å². The van der Waals surface area contributed by atoms with E-state index in [2.05, 4.69) is 4.98 Å². The van der Waals surface area contributed by atoms with Gasteiger partial charge in [-0.2, -0.15) is 0 Å². The number of aromatic nitrogens is 1. The smallest absolute Gasteiger partial charge is 0.341 e. The molecule has 5 heteroatoms. The van der Waals surface area contributed by atoms with Crippen LogP contribution in [-0.2, 0) is 0 Å². The number of aromatic carboxylic acids is 1. The summed E-state index contributed by atoms with van der Waals surface area (Å²) in [6.45, 7) is 1.43. The van der Waals surface area contributed by atoms with Crippen LogP contribution in [-0.4, -0.2) is 21.2 Å². The van der Waals surface area contributed by atoms with Gasteiger partial charge in [-0.3, -0.25) is 4.79 Å². The topological polar surface area (TPSA) is 90.4 Å². The van der Waals surface area contributed by atoms with Crippen LogP contribution in [0, 0.1) is 6.92 Å². The van der Waals surface area contributed by atoms with Gasteiger partial charge >= 0.3 is 5.97 Å². The minimum atomic E-state index is -1.28. The molecule has 0 amide bonds. The number of carboxylic acid groups (broad SMARTS) is 1. The zero-order valence-corrected chi connectivity index (χ0v) is 9.60. The minimum absolute atomic E-state index is 0.0291. The van der Waals surface area contributed by atoms with E-state index in [-0.39, 0.29) is 16.8 Å². The molecule has 2 aromatic rings.